The van der Waals surface area contributed by atoms with Gasteiger partial charge in [0.2, 0.25) is 0 Å². The van der Waals surface area contributed by atoms with E-state index in [1.165, 1.54) is 24.8 Å². The molecule has 3 atom stereocenters. The molecule has 1 aliphatic carbocycles. The van der Waals surface area contributed by atoms with Crippen molar-refractivity contribution in [3.05, 3.63) is 18.0 Å². The van der Waals surface area contributed by atoms with Gasteiger partial charge >= 0.3 is 0 Å². The fraction of sp³-hybridized carbons (Fsp3) is 0.824. The molecule has 1 fully saturated rings. The lowest BCUT2D eigenvalue weighted by molar-refractivity contribution is 0.240. The normalized spacial score (nSPS) is 27.1. The molecule has 20 heavy (non-hydrogen) atoms. The molecular weight excluding hydrogens is 246 g/mol. The standard InChI is InChI=1S/C17H31N3/c1-5-20-12-16(11-19-20)17-8-14(4)6-7-15(17)10-18-9-13(2)3/h11-15,17-18H,5-10H2,1-4H3. The van der Waals surface area contributed by atoms with Gasteiger partial charge in [0.25, 0.3) is 0 Å². The van der Waals surface area contributed by atoms with Crippen LogP contribution in [0.1, 0.15) is 58.4 Å². The van der Waals surface area contributed by atoms with Crippen LogP contribution in [0.4, 0.5) is 0 Å². The molecule has 2 rings (SSSR count). The van der Waals surface area contributed by atoms with Crippen LogP contribution < -0.4 is 5.32 Å². The minimum absolute atomic E-state index is 0.693. The molecule has 3 unspecified atom stereocenters. The van der Waals surface area contributed by atoms with Gasteiger partial charge in [-0.15, -0.1) is 0 Å². The predicted octanol–water partition coefficient (Wildman–Crippen LogP) is 3.67. The SMILES string of the molecule is CCn1cc(C2CC(C)CCC2CNCC(C)C)cn1. The molecule has 1 saturated carbocycles. The third kappa shape index (κ3) is 4.08. The third-order valence-corrected chi connectivity index (χ3v) is 4.62. The molecule has 0 radical (unpaired) electrons. The zero-order valence-electron chi connectivity index (χ0n) is 13.6. The Morgan fingerprint density at radius 3 is 2.85 bits per heavy atom. The Morgan fingerprint density at radius 2 is 2.20 bits per heavy atom. The van der Waals surface area contributed by atoms with E-state index in [4.69, 9.17) is 0 Å². The Kier molecular flexibility index (Phi) is 5.64. The molecule has 1 heterocycles. The number of hydrogen-bond donors (Lipinski definition) is 1. The fourth-order valence-electron chi connectivity index (χ4n) is 3.40. The predicted molar refractivity (Wildman–Crippen MR) is 84.9 cm³/mol. The highest BCUT2D eigenvalue weighted by molar-refractivity contribution is 5.14. The molecule has 3 heteroatoms. The Hall–Kier alpha value is -0.830. The summed E-state index contributed by atoms with van der Waals surface area (Å²) >= 11 is 0. The van der Waals surface area contributed by atoms with E-state index in [9.17, 15) is 0 Å². The highest BCUT2D eigenvalue weighted by Crippen LogP contribution is 2.40. The van der Waals surface area contributed by atoms with Gasteiger partial charge in [-0.1, -0.05) is 27.2 Å². The van der Waals surface area contributed by atoms with E-state index in [1.807, 2.05) is 0 Å². The van der Waals surface area contributed by atoms with E-state index < -0.39 is 0 Å². The van der Waals surface area contributed by atoms with Crippen LogP contribution in [0.3, 0.4) is 0 Å². The monoisotopic (exact) mass is 277 g/mol. The summed E-state index contributed by atoms with van der Waals surface area (Å²) < 4.78 is 2.06. The highest BCUT2D eigenvalue weighted by atomic mass is 15.3. The van der Waals surface area contributed by atoms with E-state index >= 15 is 0 Å². The van der Waals surface area contributed by atoms with E-state index in [0.29, 0.717) is 5.92 Å². The van der Waals surface area contributed by atoms with Crippen LogP contribution in [0, 0.1) is 17.8 Å². The summed E-state index contributed by atoms with van der Waals surface area (Å²) in [6, 6.07) is 0. The topological polar surface area (TPSA) is 29.9 Å². The molecule has 0 aliphatic heterocycles. The van der Waals surface area contributed by atoms with Crippen molar-refractivity contribution in [2.45, 2.75) is 59.4 Å². The Morgan fingerprint density at radius 1 is 1.40 bits per heavy atom. The van der Waals surface area contributed by atoms with Gasteiger partial charge in [-0.2, -0.15) is 5.10 Å². The number of hydrogen-bond acceptors (Lipinski definition) is 2. The molecule has 1 N–H and O–H groups in total. The highest BCUT2D eigenvalue weighted by Gasteiger charge is 2.30. The average Bonchev–Trinajstić information content (AvgIpc) is 2.88. The summed E-state index contributed by atoms with van der Waals surface area (Å²) in [7, 11) is 0. The summed E-state index contributed by atoms with van der Waals surface area (Å²) in [5, 5.41) is 8.14. The van der Waals surface area contributed by atoms with E-state index in [1.54, 1.807) is 0 Å². The van der Waals surface area contributed by atoms with Crippen molar-refractivity contribution < 1.29 is 0 Å². The molecule has 0 amide bonds. The van der Waals surface area contributed by atoms with Gasteiger partial charge in [-0.3, -0.25) is 4.68 Å². The first-order chi connectivity index (χ1) is 9.60. The van der Waals surface area contributed by atoms with Gasteiger partial charge in [0.05, 0.1) is 6.20 Å². The van der Waals surface area contributed by atoms with Gasteiger partial charge in [-0.05, 0) is 62.1 Å². The molecular formula is C17H31N3. The Labute approximate surface area is 124 Å². The van der Waals surface area contributed by atoms with Crippen LogP contribution in [-0.2, 0) is 6.54 Å². The molecule has 0 aromatic carbocycles. The summed E-state index contributed by atoms with van der Waals surface area (Å²) in [5.74, 6) is 3.06. The minimum atomic E-state index is 0.693. The largest absolute Gasteiger partial charge is 0.316 e. The maximum absolute atomic E-state index is 4.47. The van der Waals surface area contributed by atoms with Crippen LogP contribution >= 0.6 is 0 Å². The van der Waals surface area contributed by atoms with Crippen LogP contribution in [0.2, 0.25) is 0 Å². The number of rotatable bonds is 6. The van der Waals surface area contributed by atoms with Crippen molar-refractivity contribution in [1.82, 2.24) is 15.1 Å². The lowest BCUT2D eigenvalue weighted by atomic mass is 9.72. The minimum Gasteiger partial charge on any atom is -0.316 e. The van der Waals surface area contributed by atoms with E-state index in [2.05, 4.69) is 55.2 Å². The number of aromatic nitrogens is 2. The second kappa shape index (κ2) is 7.26. The maximum atomic E-state index is 4.47. The van der Waals surface area contributed by atoms with Gasteiger partial charge < -0.3 is 5.32 Å². The maximum Gasteiger partial charge on any atom is 0.0524 e. The van der Waals surface area contributed by atoms with Crippen molar-refractivity contribution in [3.63, 3.8) is 0 Å². The summed E-state index contributed by atoms with van der Waals surface area (Å²) in [6.45, 7) is 12.4. The molecule has 1 aromatic heterocycles. The van der Waals surface area contributed by atoms with E-state index in [0.717, 1.165) is 37.4 Å². The first-order valence-electron chi connectivity index (χ1n) is 8.33. The number of aryl methyl sites for hydroxylation is 1. The molecule has 1 aromatic rings. The van der Waals surface area contributed by atoms with Crippen molar-refractivity contribution >= 4 is 0 Å². The molecule has 0 saturated heterocycles. The van der Waals surface area contributed by atoms with Gasteiger partial charge in [0.1, 0.15) is 0 Å². The number of nitrogens with one attached hydrogen (secondary N) is 1. The zero-order chi connectivity index (χ0) is 14.5. The van der Waals surface area contributed by atoms with Gasteiger partial charge in [-0.25, -0.2) is 0 Å². The average molecular weight is 277 g/mol. The van der Waals surface area contributed by atoms with Crippen molar-refractivity contribution in [3.8, 4) is 0 Å². The summed E-state index contributed by atoms with van der Waals surface area (Å²) in [4.78, 5) is 0. The molecule has 0 bridgehead atoms. The van der Waals surface area contributed by atoms with Crippen LogP contribution in [0.25, 0.3) is 0 Å². The van der Waals surface area contributed by atoms with Crippen molar-refractivity contribution in [2.75, 3.05) is 13.1 Å². The van der Waals surface area contributed by atoms with Crippen LogP contribution in [0.5, 0.6) is 0 Å². The summed E-state index contributed by atoms with van der Waals surface area (Å²) in [6.07, 6.45) is 8.42. The first kappa shape index (κ1) is 15.6. The molecule has 1 aliphatic rings. The molecule has 0 spiro atoms. The van der Waals surface area contributed by atoms with E-state index in [-0.39, 0.29) is 0 Å². The summed E-state index contributed by atoms with van der Waals surface area (Å²) in [5.41, 5.74) is 1.45. The van der Waals surface area contributed by atoms with Crippen LogP contribution in [-0.4, -0.2) is 22.9 Å². The number of nitrogens with zero attached hydrogens (tertiary/aromatic N) is 2. The smallest absolute Gasteiger partial charge is 0.0524 e. The Bertz CT molecular complexity index is 397. The second-order valence-corrected chi connectivity index (χ2v) is 6.97. The molecule has 114 valence electrons. The first-order valence-corrected chi connectivity index (χ1v) is 8.33. The van der Waals surface area contributed by atoms with Gasteiger partial charge in [0, 0.05) is 12.7 Å². The van der Waals surface area contributed by atoms with Crippen LogP contribution in [0.15, 0.2) is 12.4 Å². The third-order valence-electron chi connectivity index (χ3n) is 4.62. The second-order valence-electron chi connectivity index (χ2n) is 6.97. The molecule has 3 nitrogen and oxygen atoms in total. The Balaban J connectivity index is 2.00. The quantitative estimate of drug-likeness (QED) is 0.860. The van der Waals surface area contributed by atoms with Gasteiger partial charge in [0.15, 0.2) is 0 Å². The fourth-order valence-corrected chi connectivity index (χ4v) is 3.40. The van der Waals surface area contributed by atoms with Crippen molar-refractivity contribution in [2.24, 2.45) is 17.8 Å². The zero-order valence-corrected chi connectivity index (χ0v) is 13.6. The lowest BCUT2D eigenvalue weighted by Gasteiger charge is -2.35. The van der Waals surface area contributed by atoms with Crippen molar-refractivity contribution in [1.29, 1.82) is 0 Å². The lowest BCUT2D eigenvalue weighted by Crippen LogP contribution is -2.33.